The molecule has 3 atom stereocenters. The fourth-order valence-electron chi connectivity index (χ4n) is 2.84. The van der Waals surface area contributed by atoms with Crippen molar-refractivity contribution in [3.8, 4) is 0 Å². The minimum absolute atomic E-state index is 0.0601. The molecule has 3 amide bonds. The summed E-state index contributed by atoms with van der Waals surface area (Å²) in [5, 5.41) is 9.04. The largest absolute Gasteiger partial charge is 0.349 e. The Morgan fingerprint density at radius 2 is 2.00 bits per heavy atom. The van der Waals surface area contributed by atoms with Crippen molar-refractivity contribution < 1.29 is 14.4 Å². The van der Waals surface area contributed by atoms with Gasteiger partial charge in [-0.15, -0.1) is 0 Å². The quantitative estimate of drug-likeness (QED) is 0.483. The third-order valence-electron chi connectivity index (χ3n) is 4.26. The molecule has 3 unspecified atom stereocenters. The Balaban J connectivity index is 1.58. The molecule has 2 rings (SSSR count). The summed E-state index contributed by atoms with van der Waals surface area (Å²) in [6.07, 6.45) is 3.31. The van der Waals surface area contributed by atoms with Gasteiger partial charge in [-0.3, -0.25) is 9.59 Å². The van der Waals surface area contributed by atoms with Crippen LogP contribution in [0, 0.1) is 5.41 Å². The summed E-state index contributed by atoms with van der Waals surface area (Å²) in [6.45, 7) is 5.61. The first-order valence-electron chi connectivity index (χ1n) is 8.26. The van der Waals surface area contributed by atoms with Crippen molar-refractivity contribution in [3.05, 3.63) is 0 Å². The number of carbonyl (C=O) groups is 3. The third kappa shape index (κ3) is 5.12. The lowest BCUT2D eigenvalue weighted by molar-refractivity contribution is -0.130. The molecule has 2 heterocycles. The molecule has 0 aromatic carbocycles. The zero-order chi connectivity index (χ0) is 17.0. The smallest absolute Gasteiger partial charge is 0.315 e. The molecular weight excluding hydrogens is 314 g/mol. The number of hydrogen-bond acceptors (Lipinski definition) is 4. The normalized spacial score (nSPS) is 26.4. The second-order valence-electron chi connectivity index (χ2n) is 7.34. The molecule has 6 nitrogen and oxygen atoms in total. The molecule has 0 bridgehead atoms. The Bertz CT molecular complexity index is 476. The molecule has 130 valence electrons. The summed E-state index contributed by atoms with van der Waals surface area (Å²) in [5.74, 6) is 0.949. The van der Waals surface area contributed by atoms with E-state index in [9.17, 15) is 14.4 Å². The number of unbranched alkanes of at least 4 members (excludes halogenated alkanes) is 1. The first-order chi connectivity index (χ1) is 10.8. The Hall–Kier alpha value is -1.24. The number of amides is 3. The molecule has 7 heteroatoms. The van der Waals surface area contributed by atoms with E-state index in [-0.39, 0.29) is 36.3 Å². The SMILES string of the molecule is CC(C)(C)C(=O)NCC(=O)CCCCC1SCC2NC(=O)NC21. The minimum atomic E-state index is -0.462. The van der Waals surface area contributed by atoms with Gasteiger partial charge in [0.1, 0.15) is 0 Å². The van der Waals surface area contributed by atoms with E-state index in [1.165, 1.54) is 0 Å². The van der Waals surface area contributed by atoms with Crippen molar-refractivity contribution in [1.82, 2.24) is 16.0 Å². The van der Waals surface area contributed by atoms with Crippen molar-refractivity contribution in [2.45, 2.75) is 63.8 Å². The zero-order valence-corrected chi connectivity index (χ0v) is 14.9. The van der Waals surface area contributed by atoms with Gasteiger partial charge in [0.25, 0.3) is 0 Å². The minimum Gasteiger partial charge on any atom is -0.349 e. The predicted molar refractivity (Wildman–Crippen MR) is 91.4 cm³/mol. The third-order valence-corrected chi connectivity index (χ3v) is 5.77. The van der Waals surface area contributed by atoms with E-state index in [0.717, 1.165) is 25.0 Å². The van der Waals surface area contributed by atoms with Crippen LogP contribution in [-0.2, 0) is 9.59 Å². The summed E-state index contributed by atoms with van der Waals surface area (Å²) >= 11 is 1.89. The molecule has 23 heavy (non-hydrogen) atoms. The van der Waals surface area contributed by atoms with Gasteiger partial charge in [-0.05, 0) is 12.8 Å². The van der Waals surface area contributed by atoms with Crippen molar-refractivity contribution in [1.29, 1.82) is 0 Å². The second kappa shape index (κ2) is 7.55. The highest BCUT2D eigenvalue weighted by Crippen LogP contribution is 2.33. The second-order valence-corrected chi connectivity index (χ2v) is 8.61. The number of urea groups is 1. The van der Waals surface area contributed by atoms with Gasteiger partial charge in [0, 0.05) is 22.8 Å². The fraction of sp³-hybridized carbons (Fsp3) is 0.812. The van der Waals surface area contributed by atoms with E-state index in [4.69, 9.17) is 0 Å². The lowest BCUT2D eigenvalue weighted by Gasteiger charge is -2.17. The van der Waals surface area contributed by atoms with Crippen LogP contribution in [0.5, 0.6) is 0 Å². The van der Waals surface area contributed by atoms with Crippen LogP contribution < -0.4 is 16.0 Å². The molecule has 0 aromatic rings. The van der Waals surface area contributed by atoms with E-state index >= 15 is 0 Å². The number of carbonyl (C=O) groups excluding carboxylic acids is 3. The topological polar surface area (TPSA) is 87.3 Å². The van der Waals surface area contributed by atoms with Crippen LogP contribution >= 0.6 is 11.8 Å². The maximum absolute atomic E-state index is 11.8. The van der Waals surface area contributed by atoms with E-state index in [1.807, 2.05) is 32.5 Å². The van der Waals surface area contributed by atoms with Gasteiger partial charge in [-0.2, -0.15) is 11.8 Å². The fourth-order valence-corrected chi connectivity index (χ4v) is 4.39. The average molecular weight is 341 g/mol. The molecule has 3 N–H and O–H groups in total. The summed E-state index contributed by atoms with van der Waals surface area (Å²) in [5.41, 5.74) is -0.462. The lowest BCUT2D eigenvalue weighted by atomic mass is 9.95. The van der Waals surface area contributed by atoms with Gasteiger partial charge in [-0.25, -0.2) is 4.79 Å². The highest BCUT2D eigenvalue weighted by atomic mass is 32.2. The summed E-state index contributed by atoms with van der Waals surface area (Å²) in [6, 6.07) is 0.427. The molecule has 0 spiro atoms. The zero-order valence-electron chi connectivity index (χ0n) is 14.1. The van der Waals surface area contributed by atoms with Crippen LogP contribution in [0.25, 0.3) is 0 Å². The molecule has 0 aliphatic carbocycles. The maximum Gasteiger partial charge on any atom is 0.315 e. The monoisotopic (exact) mass is 341 g/mol. The van der Waals surface area contributed by atoms with Gasteiger partial charge >= 0.3 is 6.03 Å². The van der Waals surface area contributed by atoms with Gasteiger partial charge < -0.3 is 16.0 Å². The van der Waals surface area contributed by atoms with Gasteiger partial charge in [-0.1, -0.05) is 27.2 Å². The first kappa shape index (κ1) is 18.1. The first-order valence-corrected chi connectivity index (χ1v) is 9.31. The molecule has 0 radical (unpaired) electrons. The molecule has 0 aromatic heterocycles. The summed E-state index contributed by atoms with van der Waals surface area (Å²) in [7, 11) is 0. The van der Waals surface area contributed by atoms with Crippen molar-refractivity contribution >= 4 is 29.5 Å². The molecule has 2 aliphatic rings. The summed E-state index contributed by atoms with van der Waals surface area (Å²) in [4.78, 5) is 34.8. The number of thioether (sulfide) groups is 1. The number of ketones is 1. The van der Waals surface area contributed by atoms with Crippen LogP contribution in [0.1, 0.15) is 46.5 Å². The molecular formula is C16H27N3O3S. The number of rotatable bonds is 7. The van der Waals surface area contributed by atoms with E-state index in [2.05, 4.69) is 16.0 Å². The van der Waals surface area contributed by atoms with E-state index in [0.29, 0.717) is 11.7 Å². The number of hydrogen-bond donors (Lipinski definition) is 3. The molecule has 2 fully saturated rings. The van der Waals surface area contributed by atoms with Crippen molar-refractivity contribution in [3.63, 3.8) is 0 Å². The standard InChI is InChI=1S/C16H27N3O3S/c1-16(2,3)14(21)17-8-10(20)6-4-5-7-12-13-11(9-23-12)18-15(22)19-13/h11-13H,4-9H2,1-3H3,(H,17,21)(H2,18,19,22). The maximum atomic E-state index is 11.8. The molecule has 2 aliphatic heterocycles. The summed E-state index contributed by atoms with van der Waals surface area (Å²) < 4.78 is 0. The van der Waals surface area contributed by atoms with Crippen LogP contribution in [-0.4, -0.2) is 47.4 Å². The number of nitrogens with one attached hydrogen (secondary N) is 3. The number of Topliss-reactive ketones (excluding diaryl/α,β-unsaturated/α-hetero) is 1. The van der Waals surface area contributed by atoms with Crippen LogP contribution in [0.15, 0.2) is 0 Å². The van der Waals surface area contributed by atoms with Crippen molar-refractivity contribution in [2.75, 3.05) is 12.3 Å². The predicted octanol–water partition coefficient (Wildman–Crippen LogP) is 1.44. The van der Waals surface area contributed by atoms with Gasteiger partial charge in [0.05, 0.1) is 18.6 Å². The highest BCUT2D eigenvalue weighted by Gasteiger charge is 2.42. The van der Waals surface area contributed by atoms with Gasteiger partial charge in [0.15, 0.2) is 5.78 Å². The molecule has 2 saturated heterocycles. The molecule has 0 saturated carbocycles. The highest BCUT2D eigenvalue weighted by molar-refractivity contribution is 8.00. The number of fused-ring (bicyclic) bond motifs is 1. The van der Waals surface area contributed by atoms with E-state index < -0.39 is 5.41 Å². The van der Waals surface area contributed by atoms with Crippen LogP contribution in [0.4, 0.5) is 4.79 Å². The van der Waals surface area contributed by atoms with E-state index in [1.54, 1.807) is 0 Å². The Morgan fingerprint density at radius 3 is 2.70 bits per heavy atom. The Morgan fingerprint density at radius 1 is 1.26 bits per heavy atom. The van der Waals surface area contributed by atoms with Crippen LogP contribution in [0.3, 0.4) is 0 Å². The van der Waals surface area contributed by atoms with Crippen molar-refractivity contribution in [2.24, 2.45) is 5.41 Å². The van der Waals surface area contributed by atoms with Crippen LogP contribution in [0.2, 0.25) is 0 Å². The van der Waals surface area contributed by atoms with Gasteiger partial charge in [0.2, 0.25) is 5.91 Å². The average Bonchev–Trinajstić information content (AvgIpc) is 2.99. The Kier molecular flexibility index (Phi) is 5.95. The Labute approximate surface area is 141 Å². The lowest BCUT2D eigenvalue weighted by Crippen LogP contribution is -2.38.